The molecular formula is C14H18BrN3O2. The van der Waals surface area contributed by atoms with E-state index in [2.05, 4.69) is 26.6 Å². The van der Waals surface area contributed by atoms with Gasteiger partial charge in [0.05, 0.1) is 0 Å². The van der Waals surface area contributed by atoms with Gasteiger partial charge in [-0.2, -0.15) is 0 Å². The van der Waals surface area contributed by atoms with Crippen LogP contribution < -0.4 is 15.5 Å². The van der Waals surface area contributed by atoms with E-state index >= 15 is 0 Å². The monoisotopic (exact) mass is 339 g/mol. The minimum atomic E-state index is -0.160. The van der Waals surface area contributed by atoms with Crippen LogP contribution in [0.1, 0.15) is 19.8 Å². The van der Waals surface area contributed by atoms with Gasteiger partial charge in [0, 0.05) is 36.2 Å². The fraction of sp³-hybridized carbons (Fsp3) is 0.429. The minimum absolute atomic E-state index is 0.0447. The predicted octanol–water partition coefficient (Wildman–Crippen LogP) is 2.26. The van der Waals surface area contributed by atoms with Crippen LogP contribution in [0.3, 0.4) is 0 Å². The number of nitrogens with one attached hydrogen (secondary N) is 2. The van der Waals surface area contributed by atoms with Gasteiger partial charge in [-0.3, -0.25) is 4.79 Å². The molecule has 0 saturated heterocycles. The highest BCUT2D eigenvalue weighted by Gasteiger charge is 2.23. The minimum Gasteiger partial charge on any atom is -0.336 e. The van der Waals surface area contributed by atoms with E-state index < -0.39 is 0 Å². The first-order valence-corrected chi connectivity index (χ1v) is 7.43. The molecule has 2 rings (SSSR count). The maximum atomic E-state index is 11.7. The highest BCUT2D eigenvalue weighted by atomic mass is 79.9. The molecule has 0 aromatic heterocycles. The van der Waals surface area contributed by atoms with Crippen molar-refractivity contribution in [1.82, 2.24) is 10.6 Å². The highest BCUT2D eigenvalue weighted by Crippen LogP contribution is 2.19. The van der Waals surface area contributed by atoms with E-state index in [0.717, 1.165) is 23.0 Å². The normalized spacial score (nSPS) is 13.7. The summed E-state index contributed by atoms with van der Waals surface area (Å²) >= 11 is 3.36. The Morgan fingerprint density at radius 1 is 1.30 bits per heavy atom. The molecule has 1 aromatic carbocycles. The number of amides is 3. The second kappa shape index (κ2) is 6.74. The Hall–Kier alpha value is -1.56. The zero-order valence-corrected chi connectivity index (χ0v) is 12.9. The van der Waals surface area contributed by atoms with Crippen molar-refractivity contribution < 1.29 is 9.59 Å². The first-order chi connectivity index (χ1) is 9.56. The summed E-state index contributed by atoms with van der Waals surface area (Å²) in [6, 6.07) is 7.69. The van der Waals surface area contributed by atoms with Gasteiger partial charge >= 0.3 is 6.03 Å². The van der Waals surface area contributed by atoms with Gasteiger partial charge in [-0.25, -0.2) is 4.79 Å². The zero-order chi connectivity index (χ0) is 14.5. The summed E-state index contributed by atoms with van der Waals surface area (Å²) in [5, 5.41) is 5.61. The topological polar surface area (TPSA) is 61.4 Å². The number of anilines is 1. The SMILES string of the molecule is CC(=O)N(CCNC(=O)NC1CC1)c1ccc(Br)cc1. The van der Waals surface area contributed by atoms with Crippen LogP contribution >= 0.6 is 15.9 Å². The van der Waals surface area contributed by atoms with E-state index in [-0.39, 0.29) is 11.9 Å². The van der Waals surface area contributed by atoms with Crippen LogP contribution in [0.5, 0.6) is 0 Å². The number of urea groups is 1. The van der Waals surface area contributed by atoms with E-state index in [9.17, 15) is 9.59 Å². The predicted molar refractivity (Wildman–Crippen MR) is 81.7 cm³/mol. The lowest BCUT2D eigenvalue weighted by molar-refractivity contribution is -0.116. The van der Waals surface area contributed by atoms with Crippen molar-refractivity contribution in [1.29, 1.82) is 0 Å². The van der Waals surface area contributed by atoms with E-state index in [1.165, 1.54) is 6.92 Å². The Morgan fingerprint density at radius 2 is 1.95 bits per heavy atom. The summed E-state index contributed by atoms with van der Waals surface area (Å²) in [5.74, 6) is -0.0447. The maximum Gasteiger partial charge on any atom is 0.315 e. The van der Waals surface area contributed by atoms with Crippen LogP contribution in [0.25, 0.3) is 0 Å². The fourth-order valence-electron chi connectivity index (χ4n) is 1.83. The number of nitrogens with zero attached hydrogens (tertiary/aromatic N) is 1. The molecule has 0 radical (unpaired) electrons. The van der Waals surface area contributed by atoms with Crippen molar-refractivity contribution in [3.8, 4) is 0 Å². The molecule has 0 heterocycles. The number of halogens is 1. The summed E-state index contributed by atoms with van der Waals surface area (Å²) in [6.45, 7) is 2.40. The van der Waals surface area contributed by atoms with Gasteiger partial charge in [-0.1, -0.05) is 15.9 Å². The van der Waals surface area contributed by atoms with Crippen LogP contribution in [0.2, 0.25) is 0 Å². The number of rotatable bonds is 5. The zero-order valence-electron chi connectivity index (χ0n) is 11.4. The van der Waals surface area contributed by atoms with Crippen molar-refractivity contribution in [3.05, 3.63) is 28.7 Å². The van der Waals surface area contributed by atoms with Crippen molar-refractivity contribution in [2.24, 2.45) is 0 Å². The van der Waals surface area contributed by atoms with E-state index in [4.69, 9.17) is 0 Å². The fourth-order valence-corrected chi connectivity index (χ4v) is 2.10. The van der Waals surface area contributed by atoms with Gasteiger partial charge < -0.3 is 15.5 Å². The Bertz CT molecular complexity index is 486. The molecule has 5 nitrogen and oxygen atoms in total. The van der Waals surface area contributed by atoms with Gasteiger partial charge in [0.1, 0.15) is 0 Å². The summed E-state index contributed by atoms with van der Waals surface area (Å²) < 4.78 is 0.965. The lowest BCUT2D eigenvalue weighted by Crippen LogP contribution is -2.42. The summed E-state index contributed by atoms with van der Waals surface area (Å²) in [7, 11) is 0. The lowest BCUT2D eigenvalue weighted by Gasteiger charge is -2.21. The number of carbonyl (C=O) groups is 2. The van der Waals surface area contributed by atoms with Crippen LogP contribution in [0.4, 0.5) is 10.5 Å². The first kappa shape index (κ1) is 14.8. The molecule has 0 spiro atoms. The quantitative estimate of drug-likeness (QED) is 0.864. The molecule has 2 N–H and O–H groups in total. The molecule has 1 aromatic rings. The van der Waals surface area contributed by atoms with Gasteiger partial charge in [-0.05, 0) is 37.1 Å². The summed E-state index contributed by atoms with van der Waals surface area (Å²) in [6.07, 6.45) is 2.12. The molecule has 1 aliphatic carbocycles. The molecular weight excluding hydrogens is 322 g/mol. The largest absolute Gasteiger partial charge is 0.336 e. The second-order valence-electron chi connectivity index (χ2n) is 4.82. The van der Waals surface area contributed by atoms with Crippen molar-refractivity contribution in [2.75, 3.05) is 18.0 Å². The Morgan fingerprint density at radius 3 is 2.50 bits per heavy atom. The van der Waals surface area contributed by atoms with Crippen molar-refractivity contribution in [2.45, 2.75) is 25.8 Å². The van der Waals surface area contributed by atoms with Gasteiger partial charge in [0.2, 0.25) is 5.91 Å². The second-order valence-corrected chi connectivity index (χ2v) is 5.74. The third kappa shape index (κ3) is 4.52. The standard InChI is InChI=1S/C14H18BrN3O2/c1-10(19)18(13-6-2-11(15)3-7-13)9-8-16-14(20)17-12-4-5-12/h2-3,6-7,12H,4-5,8-9H2,1H3,(H2,16,17,20). The molecule has 1 aliphatic rings. The van der Waals surface area contributed by atoms with E-state index in [0.29, 0.717) is 19.1 Å². The van der Waals surface area contributed by atoms with Crippen LogP contribution in [-0.2, 0) is 4.79 Å². The smallest absolute Gasteiger partial charge is 0.315 e. The lowest BCUT2D eigenvalue weighted by atomic mass is 10.3. The summed E-state index contributed by atoms with van der Waals surface area (Å²) in [5.41, 5.74) is 0.824. The van der Waals surface area contributed by atoms with Crippen LogP contribution in [0, 0.1) is 0 Å². The molecule has 108 valence electrons. The van der Waals surface area contributed by atoms with Crippen molar-refractivity contribution in [3.63, 3.8) is 0 Å². The molecule has 1 fully saturated rings. The van der Waals surface area contributed by atoms with Gasteiger partial charge in [0.15, 0.2) is 0 Å². The average Bonchev–Trinajstić information content (AvgIpc) is 3.19. The number of hydrogen-bond acceptors (Lipinski definition) is 2. The molecule has 0 unspecified atom stereocenters. The molecule has 0 aliphatic heterocycles. The Labute approximate surface area is 126 Å². The molecule has 1 saturated carbocycles. The Balaban J connectivity index is 1.84. The Kier molecular flexibility index (Phi) is 5.00. The molecule has 3 amide bonds. The third-order valence-electron chi connectivity index (χ3n) is 3.05. The number of hydrogen-bond donors (Lipinski definition) is 2. The van der Waals surface area contributed by atoms with Gasteiger partial charge in [-0.15, -0.1) is 0 Å². The first-order valence-electron chi connectivity index (χ1n) is 6.64. The molecule has 20 heavy (non-hydrogen) atoms. The maximum absolute atomic E-state index is 11.7. The average molecular weight is 340 g/mol. The van der Waals surface area contributed by atoms with Crippen LogP contribution in [-0.4, -0.2) is 31.1 Å². The molecule has 0 bridgehead atoms. The molecule has 0 atom stereocenters. The highest BCUT2D eigenvalue weighted by molar-refractivity contribution is 9.10. The molecule has 6 heteroatoms. The number of benzene rings is 1. The van der Waals surface area contributed by atoms with Crippen molar-refractivity contribution >= 4 is 33.6 Å². The number of carbonyl (C=O) groups excluding carboxylic acids is 2. The van der Waals surface area contributed by atoms with Crippen LogP contribution in [0.15, 0.2) is 28.7 Å². The van der Waals surface area contributed by atoms with E-state index in [1.54, 1.807) is 4.90 Å². The van der Waals surface area contributed by atoms with Gasteiger partial charge in [0.25, 0.3) is 0 Å². The third-order valence-corrected chi connectivity index (χ3v) is 3.58. The summed E-state index contributed by atoms with van der Waals surface area (Å²) in [4.78, 5) is 24.8. The van der Waals surface area contributed by atoms with E-state index in [1.807, 2.05) is 24.3 Å².